The quantitative estimate of drug-likeness (QED) is 0.656. The highest BCUT2D eigenvalue weighted by molar-refractivity contribution is 5.94. The fourth-order valence-electron chi connectivity index (χ4n) is 5.31. The van der Waals surface area contributed by atoms with Crippen LogP contribution in [-0.4, -0.2) is 50.1 Å². The zero-order valence-corrected chi connectivity index (χ0v) is 18.8. The van der Waals surface area contributed by atoms with E-state index in [1.54, 1.807) is 5.57 Å². The first-order valence-corrected chi connectivity index (χ1v) is 12.1. The summed E-state index contributed by atoms with van der Waals surface area (Å²) in [6.07, 6.45) is 8.60. The summed E-state index contributed by atoms with van der Waals surface area (Å²) in [6, 6.07) is 17.5. The number of fused-ring (bicyclic) bond motifs is 2. The number of hydrogen-bond donors (Lipinski definition) is 2. The minimum Gasteiger partial charge on any atom is -0.355 e. The average molecular weight is 428 g/mol. The van der Waals surface area contributed by atoms with Crippen LogP contribution >= 0.6 is 0 Å². The highest BCUT2D eigenvalue weighted by atomic mass is 16.1. The van der Waals surface area contributed by atoms with Crippen LogP contribution < -0.4 is 10.6 Å². The van der Waals surface area contributed by atoms with Gasteiger partial charge in [-0.15, -0.1) is 0 Å². The lowest BCUT2D eigenvalue weighted by Gasteiger charge is -2.31. The largest absolute Gasteiger partial charge is 0.355 e. The fraction of sp³-hybridized carbons (Fsp3) is 0.393. The predicted molar refractivity (Wildman–Crippen MR) is 132 cm³/mol. The van der Waals surface area contributed by atoms with Gasteiger partial charge in [-0.1, -0.05) is 66.3 Å². The van der Waals surface area contributed by atoms with Gasteiger partial charge in [-0.25, -0.2) is 0 Å². The monoisotopic (exact) mass is 427 g/mol. The van der Waals surface area contributed by atoms with Crippen LogP contribution in [0.5, 0.6) is 0 Å². The number of hydrogen-bond acceptors (Lipinski definition) is 3. The van der Waals surface area contributed by atoms with Crippen molar-refractivity contribution in [3.63, 3.8) is 0 Å². The first-order chi connectivity index (χ1) is 15.8. The molecular weight excluding hydrogens is 394 g/mol. The van der Waals surface area contributed by atoms with Gasteiger partial charge in [0.2, 0.25) is 5.91 Å². The van der Waals surface area contributed by atoms with Crippen LogP contribution in [0.2, 0.25) is 0 Å². The van der Waals surface area contributed by atoms with Crippen LogP contribution in [0.25, 0.3) is 17.7 Å². The molecule has 4 heteroatoms. The molecule has 5 rings (SSSR count). The summed E-state index contributed by atoms with van der Waals surface area (Å²) in [7, 11) is 0. The topological polar surface area (TPSA) is 44.4 Å². The number of amides is 1. The maximum absolute atomic E-state index is 12.4. The van der Waals surface area contributed by atoms with Crippen LogP contribution in [0, 0.1) is 5.92 Å². The third-order valence-corrected chi connectivity index (χ3v) is 7.15. The minimum absolute atomic E-state index is 0.193. The second kappa shape index (κ2) is 9.85. The van der Waals surface area contributed by atoms with Gasteiger partial charge in [-0.2, -0.15) is 0 Å². The molecule has 0 aromatic heterocycles. The van der Waals surface area contributed by atoms with Crippen molar-refractivity contribution >= 4 is 23.6 Å². The van der Waals surface area contributed by atoms with Gasteiger partial charge >= 0.3 is 0 Å². The summed E-state index contributed by atoms with van der Waals surface area (Å²) in [5.74, 6) is 0.434. The summed E-state index contributed by atoms with van der Waals surface area (Å²) in [5, 5.41) is 6.51. The van der Waals surface area contributed by atoms with E-state index in [1.807, 2.05) is 0 Å². The first kappa shape index (κ1) is 21.2. The molecule has 2 fully saturated rings. The van der Waals surface area contributed by atoms with Crippen LogP contribution in [0.1, 0.15) is 47.9 Å². The Bertz CT molecular complexity index is 971. The van der Waals surface area contributed by atoms with E-state index in [-0.39, 0.29) is 11.8 Å². The Hall–Kier alpha value is -2.69. The first-order valence-electron chi connectivity index (χ1n) is 12.1. The van der Waals surface area contributed by atoms with Crippen LogP contribution in [0.3, 0.4) is 0 Å². The summed E-state index contributed by atoms with van der Waals surface area (Å²) >= 11 is 0. The fourth-order valence-corrected chi connectivity index (χ4v) is 5.31. The van der Waals surface area contributed by atoms with Crippen molar-refractivity contribution in [3.05, 3.63) is 76.4 Å². The van der Waals surface area contributed by atoms with Crippen molar-refractivity contribution in [2.75, 3.05) is 39.3 Å². The van der Waals surface area contributed by atoms with Gasteiger partial charge in [0, 0.05) is 32.1 Å². The summed E-state index contributed by atoms with van der Waals surface area (Å²) < 4.78 is 0. The smallest absolute Gasteiger partial charge is 0.223 e. The van der Waals surface area contributed by atoms with Gasteiger partial charge in [0.05, 0.1) is 0 Å². The van der Waals surface area contributed by atoms with E-state index in [0.717, 1.165) is 65.0 Å². The molecule has 166 valence electrons. The standard InChI is InChI=1S/C28H33N3O/c32-28(24-11-15-29-16-12-24)30-17-20-31-18-13-23(14-19-31)27-25-7-3-1-5-21(25)9-10-22-6-2-4-8-26(22)27/h1-10,24,29H,11-20H2,(H,30,32). The molecule has 0 bridgehead atoms. The third kappa shape index (κ3) is 4.57. The molecule has 1 amide bonds. The second-order valence-electron chi connectivity index (χ2n) is 9.14. The Balaban J connectivity index is 1.26. The van der Waals surface area contributed by atoms with Gasteiger partial charge < -0.3 is 15.5 Å². The van der Waals surface area contributed by atoms with E-state index in [2.05, 4.69) is 76.2 Å². The lowest BCUT2D eigenvalue weighted by molar-refractivity contribution is -0.125. The maximum atomic E-state index is 12.4. The molecule has 2 N–H and O–H groups in total. The Labute approximate surface area is 191 Å². The molecule has 2 saturated heterocycles. The van der Waals surface area contributed by atoms with Crippen molar-refractivity contribution in [1.82, 2.24) is 15.5 Å². The number of carbonyl (C=O) groups is 1. The zero-order chi connectivity index (χ0) is 21.8. The number of rotatable bonds is 4. The number of likely N-dealkylation sites (tertiary alicyclic amines) is 1. The summed E-state index contributed by atoms with van der Waals surface area (Å²) in [4.78, 5) is 14.9. The van der Waals surface area contributed by atoms with Gasteiger partial charge in [-0.05, 0) is 66.6 Å². The summed E-state index contributed by atoms with van der Waals surface area (Å²) in [5.41, 5.74) is 8.30. The molecule has 2 aliphatic heterocycles. The predicted octanol–water partition coefficient (Wildman–Crippen LogP) is 4.18. The van der Waals surface area contributed by atoms with Crippen molar-refractivity contribution in [3.8, 4) is 0 Å². The lowest BCUT2D eigenvalue weighted by Crippen LogP contribution is -2.42. The van der Waals surface area contributed by atoms with E-state index in [1.165, 1.54) is 27.8 Å². The molecule has 0 unspecified atom stereocenters. The van der Waals surface area contributed by atoms with Gasteiger partial charge in [0.15, 0.2) is 0 Å². The Kier molecular flexibility index (Phi) is 6.51. The van der Waals surface area contributed by atoms with Gasteiger partial charge in [0.25, 0.3) is 0 Å². The highest BCUT2D eigenvalue weighted by Crippen LogP contribution is 2.38. The molecule has 0 radical (unpaired) electrons. The Morgan fingerprint density at radius 2 is 1.50 bits per heavy atom. The molecule has 3 aliphatic rings. The van der Waals surface area contributed by atoms with Crippen molar-refractivity contribution < 1.29 is 4.79 Å². The normalized spacial score (nSPS) is 19.2. The number of benzene rings is 2. The van der Waals surface area contributed by atoms with E-state index >= 15 is 0 Å². The molecule has 2 aromatic carbocycles. The van der Waals surface area contributed by atoms with E-state index < -0.39 is 0 Å². The Morgan fingerprint density at radius 1 is 0.906 bits per heavy atom. The molecule has 4 nitrogen and oxygen atoms in total. The molecule has 2 heterocycles. The molecule has 2 aromatic rings. The average Bonchev–Trinajstić information content (AvgIpc) is 3.02. The van der Waals surface area contributed by atoms with Crippen LogP contribution in [-0.2, 0) is 4.79 Å². The van der Waals surface area contributed by atoms with E-state index in [9.17, 15) is 4.79 Å². The molecule has 0 saturated carbocycles. The molecule has 32 heavy (non-hydrogen) atoms. The van der Waals surface area contributed by atoms with E-state index in [0.29, 0.717) is 0 Å². The molecule has 1 aliphatic carbocycles. The second-order valence-corrected chi connectivity index (χ2v) is 9.14. The molecular formula is C28H33N3O. The van der Waals surface area contributed by atoms with Crippen molar-refractivity contribution in [2.24, 2.45) is 5.92 Å². The number of nitrogens with zero attached hydrogens (tertiary/aromatic N) is 1. The maximum Gasteiger partial charge on any atom is 0.223 e. The number of nitrogens with one attached hydrogen (secondary N) is 2. The Morgan fingerprint density at radius 3 is 2.12 bits per heavy atom. The number of carbonyl (C=O) groups excluding carboxylic acids is 1. The summed E-state index contributed by atoms with van der Waals surface area (Å²) in [6.45, 7) is 5.73. The lowest BCUT2D eigenvalue weighted by atomic mass is 9.86. The number of piperidine rings is 2. The molecule has 0 spiro atoms. The van der Waals surface area contributed by atoms with Crippen LogP contribution in [0.15, 0.2) is 54.1 Å². The SMILES string of the molecule is O=C(NCCN1CCC(=C2c3ccccc3C=Cc3ccccc32)CC1)C1CCNCC1. The molecule has 0 atom stereocenters. The van der Waals surface area contributed by atoms with E-state index in [4.69, 9.17) is 0 Å². The van der Waals surface area contributed by atoms with Gasteiger partial charge in [-0.3, -0.25) is 4.79 Å². The van der Waals surface area contributed by atoms with Crippen LogP contribution in [0.4, 0.5) is 0 Å². The van der Waals surface area contributed by atoms with Crippen molar-refractivity contribution in [1.29, 1.82) is 0 Å². The highest BCUT2D eigenvalue weighted by Gasteiger charge is 2.23. The minimum atomic E-state index is 0.193. The van der Waals surface area contributed by atoms with Crippen molar-refractivity contribution in [2.45, 2.75) is 25.7 Å². The zero-order valence-electron chi connectivity index (χ0n) is 18.8. The third-order valence-electron chi connectivity index (χ3n) is 7.15. The van der Waals surface area contributed by atoms with Gasteiger partial charge in [0.1, 0.15) is 0 Å².